The molecule has 2 aliphatic heterocycles. The van der Waals surface area contributed by atoms with Crippen LogP contribution in [0.2, 0.25) is 0 Å². The van der Waals surface area contributed by atoms with E-state index in [0.717, 1.165) is 11.8 Å². The number of rotatable bonds is 3. The van der Waals surface area contributed by atoms with Gasteiger partial charge >= 0.3 is 0 Å². The highest BCUT2D eigenvalue weighted by Crippen LogP contribution is 2.20. The van der Waals surface area contributed by atoms with Gasteiger partial charge in [0.05, 0.1) is 0 Å². The van der Waals surface area contributed by atoms with Crippen LogP contribution in [0.3, 0.4) is 0 Å². The maximum Gasteiger partial charge on any atom is 0.0195 e. The normalized spacial score (nSPS) is 36.0. The van der Waals surface area contributed by atoms with Gasteiger partial charge in [0, 0.05) is 31.7 Å². The molecular formula is C13H27N3. The molecule has 3 unspecified atom stereocenters. The first kappa shape index (κ1) is 12.3. The van der Waals surface area contributed by atoms with Crippen LogP contribution in [-0.2, 0) is 0 Å². The predicted octanol–water partition coefficient (Wildman–Crippen LogP) is 0.866. The third-order valence-electron chi connectivity index (χ3n) is 4.60. The van der Waals surface area contributed by atoms with Crippen molar-refractivity contribution >= 4 is 0 Å². The van der Waals surface area contributed by atoms with E-state index >= 15 is 0 Å². The topological polar surface area (TPSA) is 18.5 Å². The summed E-state index contributed by atoms with van der Waals surface area (Å²) in [6, 6.07) is 1.41. The molecule has 16 heavy (non-hydrogen) atoms. The third kappa shape index (κ3) is 2.58. The highest BCUT2D eigenvalue weighted by molar-refractivity contribution is 4.86. The standard InChI is InChI=1S/C13H27N3/c1-10(13-5-14-6-13)7-16-8-11(2)15(4)12(3)9-16/h10-14H,5-9H2,1-4H3. The Morgan fingerprint density at radius 2 is 1.75 bits per heavy atom. The van der Waals surface area contributed by atoms with E-state index in [4.69, 9.17) is 0 Å². The van der Waals surface area contributed by atoms with Gasteiger partial charge in [0.1, 0.15) is 0 Å². The maximum absolute atomic E-state index is 3.38. The number of nitrogens with one attached hydrogen (secondary N) is 1. The molecule has 3 atom stereocenters. The first-order chi connectivity index (χ1) is 7.58. The van der Waals surface area contributed by atoms with E-state index in [1.54, 1.807) is 0 Å². The van der Waals surface area contributed by atoms with E-state index in [0.29, 0.717) is 12.1 Å². The van der Waals surface area contributed by atoms with Crippen LogP contribution in [-0.4, -0.2) is 61.7 Å². The summed E-state index contributed by atoms with van der Waals surface area (Å²) in [5, 5.41) is 3.38. The van der Waals surface area contributed by atoms with Crippen molar-refractivity contribution < 1.29 is 0 Å². The maximum atomic E-state index is 3.38. The van der Waals surface area contributed by atoms with E-state index in [2.05, 4.69) is 42.9 Å². The van der Waals surface area contributed by atoms with Gasteiger partial charge in [-0.05, 0) is 45.8 Å². The molecule has 2 heterocycles. The molecule has 2 aliphatic rings. The van der Waals surface area contributed by atoms with Crippen LogP contribution in [0, 0.1) is 11.8 Å². The van der Waals surface area contributed by atoms with Gasteiger partial charge < -0.3 is 5.32 Å². The molecule has 0 bridgehead atoms. The first-order valence-electron chi connectivity index (χ1n) is 6.73. The molecule has 2 fully saturated rings. The Balaban J connectivity index is 1.81. The minimum absolute atomic E-state index is 0.704. The molecule has 0 spiro atoms. The molecule has 0 amide bonds. The molecule has 0 aromatic heterocycles. The first-order valence-corrected chi connectivity index (χ1v) is 6.73. The average Bonchev–Trinajstić information content (AvgIpc) is 2.10. The number of piperazine rings is 1. The van der Waals surface area contributed by atoms with Crippen molar-refractivity contribution in [1.82, 2.24) is 15.1 Å². The second kappa shape index (κ2) is 5.03. The summed E-state index contributed by atoms with van der Waals surface area (Å²) >= 11 is 0. The SMILES string of the molecule is CC(CN1CC(C)N(C)C(C)C1)C1CNC1. The van der Waals surface area contributed by atoms with E-state index in [-0.39, 0.29) is 0 Å². The Morgan fingerprint density at radius 3 is 2.19 bits per heavy atom. The summed E-state index contributed by atoms with van der Waals surface area (Å²) in [4.78, 5) is 5.17. The van der Waals surface area contributed by atoms with Crippen molar-refractivity contribution in [2.24, 2.45) is 11.8 Å². The summed E-state index contributed by atoms with van der Waals surface area (Å²) in [6.07, 6.45) is 0. The number of nitrogens with zero attached hydrogens (tertiary/aromatic N) is 2. The second-order valence-corrected chi connectivity index (χ2v) is 5.98. The lowest BCUT2D eigenvalue weighted by atomic mass is 9.88. The van der Waals surface area contributed by atoms with Gasteiger partial charge in [0.15, 0.2) is 0 Å². The molecule has 0 aromatic carbocycles. The Morgan fingerprint density at radius 1 is 1.19 bits per heavy atom. The number of hydrogen-bond donors (Lipinski definition) is 1. The Bertz CT molecular complexity index is 215. The molecule has 3 nitrogen and oxygen atoms in total. The van der Waals surface area contributed by atoms with E-state index in [1.165, 1.54) is 32.7 Å². The molecule has 2 rings (SSSR count). The highest BCUT2D eigenvalue weighted by atomic mass is 15.3. The Hall–Kier alpha value is -0.120. The summed E-state index contributed by atoms with van der Waals surface area (Å²) in [5.41, 5.74) is 0. The lowest BCUT2D eigenvalue weighted by Crippen LogP contribution is -2.57. The van der Waals surface area contributed by atoms with Gasteiger partial charge in [-0.25, -0.2) is 0 Å². The van der Waals surface area contributed by atoms with E-state index < -0.39 is 0 Å². The molecule has 0 saturated carbocycles. The minimum atomic E-state index is 0.704. The number of hydrogen-bond acceptors (Lipinski definition) is 3. The van der Waals surface area contributed by atoms with Crippen LogP contribution in [0.4, 0.5) is 0 Å². The molecule has 0 radical (unpaired) electrons. The monoisotopic (exact) mass is 225 g/mol. The van der Waals surface area contributed by atoms with Crippen LogP contribution in [0.25, 0.3) is 0 Å². The number of likely N-dealkylation sites (N-methyl/N-ethyl adjacent to an activating group) is 1. The smallest absolute Gasteiger partial charge is 0.0195 e. The van der Waals surface area contributed by atoms with Crippen molar-refractivity contribution in [3.8, 4) is 0 Å². The van der Waals surface area contributed by atoms with Crippen LogP contribution in [0.5, 0.6) is 0 Å². The molecule has 0 aromatic rings. The van der Waals surface area contributed by atoms with Gasteiger partial charge in [0.2, 0.25) is 0 Å². The summed E-state index contributed by atoms with van der Waals surface area (Å²) in [7, 11) is 2.26. The fourth-order valence-electron chi connectivity index (χ4n) is 2.93. The lowest BCUT2D eigenvalue weighted by molar-refractivity contribution is 0.0423. The van der Waals surface area contributed by atoms with Gasteiger partial charge in [-0.2, -0.15) is 0 Å². The zero-order chi connectivity index (χ0) is 11.7. The highest BCUT2D eigenvalue weighted by Gasteiger charge is 2.30. The Labute approximate surface area is 100 Å². The Kier molecular flexibility index (Phi) is 3.88. The zero-order valence-electron chi connectivity index (χ0n) is 11.2. The molecule has 94 valence electrons. The minimum Gasteiger partial charge on any atom is -0.316 e. The van der Waals surface area contributed by atoms with Crippen molar-refractivity contribution in [3.05, 3.63) is 0 Å². The summed E-state index contributed by atoms with van der Waals surface area (Å²) in [5.74, 6) is 1.77. The fourth-order valence-corrected chi connectivity index (χ4v) is 2.93. The van der Waals surface area contributed by atoms with Gasteiger partial charge in [-0.3, -0.25) is 9.80 Å². The zero-order valence-corrected chi connectivity index (χ0v) is 11.2. The van der Waals surface area contributed by atoms with Crippen molar-refractivity contribution in [3.63, 3.8) is 0 Å². The summed E-state index contributed by atoms with van der Waals surface area (Å²) in [6.45, 7) is 13.3. The van der Waals surface area contributed by atoms with E-state index in [9.17, 15) is 0 Å². The van der Waals surface area contributed by atoms with Gasteiger partial charge in [-0.1, -0.05) is 6.92 Å². The van der Waals surface area contributed by atoms with Crippen LogP contribution >= 0.6 is 0 Å². The predicted molar refractivity (Wildman–Crippen MR) is 68.7 cm³/mol. The van der Waals surface area contributed by atoms with Crippen molar-refractivity contribution in [2.45, 2.75) is 32.9 Å². The second-order valence-electron chi connectivity index (χ2n) is 5.98. The quantitative estimate of drug-likeness (QED) is 0.769. The average molecular weight is 225 g/mol. The van der Waals surface area contributed by atoms with Crippen LogP contribution < -0.4 is 5.32 Å². The summed E-state index contributed by atoms with van der Waals surface area (Å²) < 4.78 is 0. The fraction of sp³-hybridized carbons (Fsp3) is 1.00. The van der Waals surface area contributed by atoms with Crippen LogP contribution in [0.15, 0.2) is 0 Å². The molecular weight excluding hydrogens is 198 g/mol. The van der Waals surface area contributed by atoms with E-state index in [1.807, 2.05) is 0 Å². The van der Waals surface area contributed by atoms with Crippen molar-refractivity contribution in [1.29, 1.82) is 0 Å². The van der Waals surface area contributed by atoms with Crippen LogP contribution in [0.1, 0.15) is 20.8 Å². The van der Waals surface area contributed by atoms with Gasteiger partial charge in [-0.15, -0.1) is 0 Å². The molecule has 0 aliphatic carbocycles. The largest absolute Gasteiger partial charge is 0.316 e. The lowest BCUT2D eigenvalue weighted by Gasteiger charge is -2.44. The molecule has 1 N–H and O–H groups in total. The third-order valence-corrected chi connectivity index (χ3v) is 4.60. The molecule has 2 saturated heterocycles. The van der Waals surface area contributed by atoms with Crippen molar-refractivity contribution in [2.75, 3.05) is 39.8 Å². The van der Waals surface area contributed by atoms with Gasteiger partial charge in [0.25, 0.3) is 0 Å². The molecule has 3 heteroatoms.